The van der Waals surface area contributed by atoms with E-state index in [0.29, 0.717) is 30.0 Å². The van der Waals surface area contributed by atoms with Gasteiger partial charge in [0.1, 0.15) is 5.75 Å². The number of hydrogen-bond acceptors (Lipinski definition) is 4. The molecule has 7 heteroatoms. The summed E-state index contributed by atoms with van der Waals surface area (Å²) in [5.74, 6) is 0.987. The number of likely N-dealkylation sites (tertiary alicyclic amines) is 2. The number of carbonyl (C=O) groups excluding carboxylic acids is 2. The zero-order chi connectivity index (χ0) is 21.8. The largest absolute Gasteiger partial charge is 0.492 e. The van der Waals surface area contributed by atoms with E-state index in [1.807, 2.05) is 52.6 Å². The molecule has 3 heterocycles. The van der Waals surface area contributed by atoms with Crippen LogP contribution in [0.4, 0.5) is 0 Å². The number of aryl methyl sites for hydroxylation is 1. The first-order chi connectivity index (χ1) is 15.1. The van der Waals surface area contributed by atoms with Gasteiger partial charge in [-0.1, -0.05) is 12.1 Å². The Morgan fingerprint density at radius 2 is 1.74 bits per heavy atom. The Labute approximate surface area is 184 Å². The van der Waals surface area contributed by atoms with Gasteiger partial charge in [-0.3, -0.25) is 14.3 Å². The van der Waals surface area contributed by atoms with Crippen molar-refractivity contribution in [2.45, 2.75) is 46.1 Å². The van der Waals surface area contributed by atoms with Crippen LogP contribution in [0.1, 0.15) is 59.0 Å². The highest BCUT2D eigenvalue weighted by Crippen LogP contribution is 2.25. The summed E-state index contributed by atoms with van der Waals surface area (Å²) in [4.78, 5) is 29.7. The fourth-order valence-electron chi connectivity index (χ4n) is 4.60. The summed E-state index contributed by atoms with van der Waals surface area (Å²) in [6.07, 6.45) is 5.78. The second-order valence-electron chi connectivity index (χ2n) is 8.53. The number of ether oxygens (including phenoxy) is 1. The van der Waals surface area contributed by atoms with E-state index in [2.05, 4.69) is 5.10 Å². The molecule has 2 amide bonds. The highest BCUT2D eigenvalue weighted by atomic mass is 16.5. The molecule has 2 fully saturated rings. The number of amides is 2. The van der Waals surface area contributed by atoms with E-state index in [1.54, 1.807) is 6.20 Å². The monoisotopic (exact) mass is 424 g/mol. The molecule has 0 spiro atoms. The zero-order valence-corrected chi connectivity index (χ0v) is 18.5. The lowest BCUT2D eigenvalue weighted by Gasteiger charge is -2.32. The van der Waals surface area contributed by atoms with E-state index in [-0.39, 0.29) is 17.7 Å². The minimum absolute atomic E-state index is 0.0477. The van der Waals surface area contributed by atoms with Gasteiger partial charge in [-0.05, 0) is 51.7 Å². The lowest BCUT2D eigenvalue weighted by Crippen LogP contribution is -2.41. The van der Waals surface area contributed by atoms with Gasteiger partial charge in [-0.15, -0.1) is 0 Å². The van der Waals surface area contributed by atoms with Gasteiger partial charge in [0.05, 0.1) is 23.9 Å². The number of rotatable bonds is 6. The van der Waals surface area contributed by atoms with E-state index in [4.69, 9.17) is 4.74 Å². The molecule has 2 aromatic rings. The van der Waals surface area contributed by atoms with Crippen molar-refractivity contribution in [3.63, 3.8) is 0 Å². The van der Waals surface area contributed by atoms with Gasteiger partial charge in [0.2, 0.25) is 0 Å². The van der Waals surface area contributed by atoms with E-state index in [9.17, 15) is 9.59 Å². The minimum atomic E-state index is 0.0477. The van der Waals surface area contributed by atoms with Crippen LogP contribution in [-0.4, -0.2) is 64.2 Å². The Kier molecular flexibility index (Phi) is 6.59. The fraction of sp³-hybridized carbons (Fsp3) is 0.542. The van der Waals surface area contributed by atoms with Crippen molar-refractivity contribution < 1.29 is 14.3 Å². The van der Waals surface area contributed by atoms with Crippen LogP contribution < -0.4 is 4.74 Å². The van der Waals surface area contributed by atoms with Gasteiger partial charge in [-0.25, -0.2) is 0 Å². The van der Waals surface area contributed by atoms with Crippen molar-refractivity contribution >= 4 is 11.8 Å². The third-order valence-corrected chi connectivity index (χ3v) is 6.42. The van der Waals surface area contributed by atoms with Crippen LogP contribution in [0.2, 0.25) is 0 Å². The SMILES string of the molecule is CCn1ncc(C(=O)N2CCCC(COc3ccccc3C(=O)N3CCCC3)C2)c1C. The molecule has 7 nitrogen and oxygen atoms in total. The molecule has 0 N–H and O–H groups in total. The normalized spacial score (nSPS) is 19.0. The van der Waals surface area contributed by atoms with Crippen molar-refractivity contribution in [2.75, 3.05) is 32.8 Å². The third-order valence-electron chi connectivity index (χ3n) is 6.42. The first kappa shape index (κ1) is 21.4. The number of hydrogen-bond donors (Lipinski definition) is 0. The molecule has 1 unspecified atom stereocenters. The van der Waals surface area contributed by atoms with E-state index >= 15 is 0 Å². The van der Waals surface area contributed by atoms with Crippen LogP contribution in [0.5, 0.6) is 5.75 Å². The summed E-state index contributed by atoms with van der Waals surface area (Å²) in [6.45, 7) is 8.29. The van der Waals surface area contributed by atoms with Crippen LogP contribution in [0.15, 0.2) is 30.5 Å². The van der Waals surface area contributed by atoms with Crippen molar-refractivity contribution in [3.8, 4) is 5.75 Å². The predicted molar refractivity (Wildman–Crippen MR) is 118 cm³/mol. The number of piperidine rings is 1. The van der Waals surface area contributed by atoms with Crippen molar-refractivity contribution in [2.24, 2.45) is 5.92 Å². The lowest BCUT2D eigenvalue weighted by atomic mass is 9.98. The summed E-state index contributed by atoms with van der Waals surface area (Å²) in [5.41, 5.74) is 2.24. The zero-order valence-electron chi connectivity index (χ0n) is 18.5. The van der Waals surface area contributed by atoms with Gasteiger partial charge in [0.25, 0.3) is 11.8 Å². The fourth-order valence-corrected chi connectivity index (χ4v) is 4.60. The Morgan fingerprint density at radius 3 is 2.48 bits per heavy atom. The van der Waals surface area contributed by atoms with Gasteiger partial charge < -0.3 is 14.5 Å². The molecule has 2 aliphatic heterocycles. The Balaban J connectivity index is 1.39. The highest BCUT2D eigenvalue weighted by molar-refractivity contribution is 5.97. The molecule has 1 aromatic heterocycles. The third kappa shape index (κ3) is 4.60. The standard InChI is InChI=1S/C24H32N4O3/c1-3-28-18(2)21(15-25-28)24(30)27-14-8-9-19(16-27)17-31-22-11-5-4-10-20(22)23(29)26-12-6-7-13-26/h4-5,10-11,15,19H,3,6-9,12-14,16-17H2,1-2H3. The van der Waals surface area contributed by atoms with Crippen LogP contribution in [0.3, 0.4) is 0 Å². The van der Waals surface area contributed by atoms with Crippen molar-refractivity contribution in [1.82, 2.24) is 19.6 Å². The molecule has 1 aromatic carbocycles. The smallest absolute Gasteiger partial charge is 0.257 e. The molecular formula is C24H32N4O3. The van der Waals surface area contributed by atoms with Gasteiger partial charge in [0, 0.05) is 44.3 Å². The van der Waals surface area contributed by atoms with Crippen LogP contribution in [0, 0.1) is 12.8 Å². The number of aromatic nitrogens is 2. The van der Waals surface area contributed by atoms with Gasteiger partial charge >= 0.3 is 0 Å². The molecule has 4 rings (SSSR count). The second-order valence-corrected chi connectivity index (χ2v) is 8.53. The molecule has 31 heavy (non-hydrogen) atoms. The molecule has 0 saturated carbocycles. The van der Waals surface area contributed by atoms with Crippen LogP contribution >= 0.6 is 0 Å². The number of benzene rings is 1. The minimum Gasteiger partial charge on any atom is -0.492 e. The predicted octanol–water partition coefficient (Wildman–Crippen LogP) is 3.38. The van der Waals surface area contributed by atoms with Gasteiger partial charge in [-0.2, -0.15) is 5.10 Å². The first-order valence-electron chi connectivity index (χ1n) is 11.4. The molecule has 166 valence electrons. The maximum Gasteiger partial charge on any atom is 0.257 e. The Hall–Kier alpha value is -2.83. The highest BCUT2D eigenvalue weighted by Gasteiger charge is 2.28. The summed E-state index contributed by atoms with van der Waals surface area (Å²) in [7, 11) is 0. The summed E-state index contributed by atoms with van der Waals surface area (Å²) in [6, 6.07) is 7.51. The Morgan fingerprint density at radius 1 is 1.03 bits per heavy atom. The average Bonchev–Trinajstić information content (AvgIpc) is 3.47. The Bertz CT molecular complexity index is 933. The molecule has 0 radical (unpaired) electrons. The maximum absolute atomic E-state index is 13.0. The summed E-state index contributed by atoms with van der Waals surface area (Å²) >= 11 is 0. The number of para-hydroxylation sites is 1. The molecule has 0 bridgehead atoms. The van der Waals surface area contributed by atoms with Crippen molar-refractivity contribution in [3.05, 3.63) is 47.3 Å². The van der Waals surface area contributed by atoms with E-state index < -0.39 is 0 Å². The second kappa shape index (κ2) is 9.54. The van der Waals surface area contributed by atoms with Crippen LogP contribution in [-0.2, 0) is 6.54 Å². The van der Waals surface area contributed by atoms with Gasteiger partial charge in [0.15, 0.2) is 0 Å². The molecule has 2 aliphatic rings. The first-order valence-corrected chi connectivity index (χ1v) is 11.4. The number of carbonyl (C=O) groups is 2. The van der Waals surface area contributed by atoms with E-state index in [0.717, 1.165) is 57.6 Å². The topological polar surface area (TPSA) is 67.7 Å². The van der Waals surface area contributed by atoms with Crippen LogP contribution in [0.25, 0.3) is 0 Å². The summed E-state index contributed by atoms with van der Waals surface area (Å²) < 4.78 is 7.99. The molecular weight excluding hydrogens is 392 g/mol. The van der Waals surface area contributed by atoms with E-state index in [1.165, 1.54) is 0 Å². The molecule has 0 aliphatic carbocycles. The molecule has 1 atom stereocenters. The summed E-state index contributed by atoms with van der Waals surface area (Å²) in [5, 5.41) is 4.31. The van der Waals surface area contributed by atoms with Crippen molar-refractivity contribution in [1.29, 1.82) is 0 Å². The lowest BCUT2D eigenvalue weighted by molar-refractivity contribution is 0.0631. The average molecular weight is 425 g/mol. The maximum atomic E-state index is 13.0. The number of nitrogens with zero attached hydrogens (tertiary/aromatic N) is 4. The quantitative estimate of drug-likeness (QED) is 0.713. The molecule has 2 saturated heterocycles.